The van der Waals surface area contributed by atoms with Gasteiger partial charge in [-0.05, 0) is 48.5 Å². The molecule has 0 fully saturated rings. The van der Waals surface area contributed by atoms with Gasteiger partial charge >= 0.3 is 0 Å². The molecule has 4 rings (SSSR count). The lowest BCUT2D eigenvalue weighted by atomic mass is 10.2. The summed E-state index contributed by atoms with van der Waals surface area (Å²) in [7, 11) is 1.77. The van der Waals surface area contributed by atoms with Gasteiger partial charge in [-0.15, -0.1) is 0 Å². The van der Waals surface area contributed by atoms with Gasteiger partial charge in [0.25, 0.3) is 5.91 Å². The highest BCUT2D eigenvalue weighted by Gasteiger charge is 2.17. The van der Waals surface area contributed by atoms with E-state index in [0.29, 0.717) is 30.3 Å². The average molecular weight is 421 g/mol. The second-order valence-electron chi connectivity index (χ2n) is 6.87. The van der Waals surface area contributed by atoms with Crippen LogP contribution in [0.2, 0.25) is 5.02 Å². The minimum absolute atomic E-state index is 0.0980. The first kappa shape index (κ1) is 19.9. The van der Waals surface area contributed by atoms with E-state index in [1.165, 1.54) is 0 Å². The van der Waals surface area contributed by atoms with Crippen molar-refractivity contribution in [3.8, 4) is 5.75 Å². The molecule has 0 aliphatic heterocycles. The molecule has 6 nitrogen and oxygen atoms in total. The molecule has 0 saturated carbocycles. The molecular formula is C23H21ClN4O2. The summed E-state index contributed by atoms with van der Waals surface area (Å²) >= 11 is 5.93. The number of hydrogen-bond acceptors (Lipinski definition) is 4. The lowest BCUT2D eigenvalue weighted by Gasteiger charge is -2.18. The first-order chi connectivity index (χ1) is 14.6. The number of nitrogens with zero attached hydrogens (tertiary/aromatic N) is 4. The van der Waals surface area contributed by atoms with E-state index < -0.39 is 0 Å². The third-order valence-electron chi connectivity index (χ3n) is 4.76. The van der Waals surface area contributed by atoms with Gasteiger partial charge in [0.15, 0.2) is 0 Å². The zero-order valence-corrected chi connectivity index (χ0v) is 17.3. The lowest BCUT2D eigenvalue weighted by Crippen LogP contribution is -2.28. The van der Waals surface area contributed by atoms with Crippen LogP contribution in [0.5, 0.6) is 5.75 Å². The number of imidazole rings is 1. The van der Waals surface area contributed by atoms with E-state index in [2.05, 4.69) is 9.55 Å². The number of fused-ring (bicyclic) bond motifs is 1. The van der Waals surface area contributed by atoms with Crippen LogP contribution in [0.1, 0.15) is 16.2 Å². The Balaban J connectivity index is 1.52. The number of para-hydroxylation sites is 2. The summed E-state index contributed by atoms with van der Waals surface area (Å²) in [4.78, 5) is 23.1. The minimum Gasteiger partial charge on any atom is -0.492 e. The largest absolute Gasteiger partial charge is 0.492 e. The van der Waals surface area contributed by atoms with Gasteiger partial charge in [0.05, 0.1) is 29.7 Å². The molecule has 1 amide bonds. The van der Waals surface area contributed by atoms with E-state index in [-0.39, 0.29) is 5.91 Å². The highest BCUT2D eigenvalue weighted by atomic mass is 35.5. The minimum atomic E-state index is -0.0980. The number of amides is 1. The predicted molar refractivity (Wildman–Crippen MR) is 117 cm³/mol. The Morgan fingerprint density at radius 3 is 2.67 bits per heavy atom. The van der Waals surface area contributed by atoms with Gasteiger partial charge in [0.2, 0.25) is 0 Å². The second-order valence-corrected chi connectivity index (χ2v) is 7.31. The van der Waals surface area contributed by atoms with Crippen LogP contribution >= 0.6 is 11.6 Å². The van der Waals surface area contributed by atoms with Crippen molar-refractivity contribution < 1.29 is 9.53 Å². The van der Waals surface area contributed by atoms with E-state index >= 15 is 0 Å². The van der Waals surface area contributed by atoms with Gasteiger partial charge in [0, 0.05) is 24.5 Å². The third-order valence-corrected chi connectivity index (χ3v) is 5.02. The SMILES string of the molecule is CN(Cc1nc2ccccc2n1CCOc1ccc(Cl)cc1)C(=O)c1cccnc1. The molecule has 0 N–H and O–H groups in total. The Hall–Kier alpha value is -3.38. The van der Waals surface area contributed by atoms with Crippen LogP contribution in [0.4, 0.5) is 0 Å². The van der Waals surface area contributed by atoms with E-state index in [1.807, 2.05) is 36.4 Å². The first-order valence-corrected chi connectivity index (χ1v) is 9.97. The van der Waals surface area contributed by atoms with Crippen molar-refractivity contribution in [1.82, 2.24) is 19.4 Å². The van der Waals surface area contributed by atoms with Crippen molar-refractivity contribution in [2.45, 2.75) is 13.1 Å². The second kappa shape index (κ2) is 8.97. The van der Waals surface area contributed by atoms with Crippen LogP contribution in [0.3, 0.4) is 0 Å². The molecule has 2 heterocycles. The monoisotopic (exact) mass is 420 g/mol. The summed E-state index contributed by atoms with van der Waals surface area (Å²) in [6.45, 7) is 1.45. The Bertz CT molecular complexity index is 1140. The van der Waals surface area contributed by atoms with Crippen molar-refractivity contribution in [2.24, 2.45) is 0 Å². The Morgan fingerprint density at radius 1 is 1.10 bits per heavy atom. The predicted octanol–water partition coefficient (Wildman–Crippen LogP) is 4.44. The van der Waals surface area contributed by atoms with Crippen molar-refractivity contribution in [3.63, 3.8) is 0 Å². The lowest BCUT2D eigenvalue weighted by molar-refractivity contribution is 0.0779. The number of ether oxygens (including phenoxy) is 1. The number of pyridine rings is 1. The smallest absolute Gasteiger partial charge is 0.255 e. The zero-order valence-electron chi connectivity index (χ0n) is 16.5. The molecule has 0 atom stereocenters. The molecule has 0 aliphatic rings. The molecule has 0 unspecified atom stereocenters. The fourth-order valence-corrected chi connectivity index (χ4v) is 3.40. The standard InChI is InChI=1S/C23H21ClN4O2/c1-27(23(29)17-5-4-12-25-15-17)16-22-26-20-6-2-3-7-21(20)28(22)13-14-30-19-10-8-18(24)9-11-19/h2-12,15H,13-14,16H2,1H3. The van der Waals surface area contributed by atoms with Crippen LogP contribution in [-0.2, 0) is 13.1 Å². The number of hydrogen-bond donors (Lipinski definition) is 0. The maximum absolute atomic E-state index is 12.7. The number of carbonyl (C=O) groups is 1. The average Bonchev–Trinajstić information content (AvgIpc) is 3.12. The quantitative estimate of drug-likeness (QED) is 0.443. The molecule has 0 spiro atoms. The molecule has 152 valence electrons. The molecule has 30 heavy (non-hydrogen) atoms. The summed E-state index contributed by atoms with van der Waals surface area (Å²) in [5.74, 6) is 1.46. The highest BCUT2D eigenvalue weighted by Crippen LogP contribution is 2.19. The highest BCUT2D eigenvalue weighted by molar-refractivity contribution is 6.30. The summed E-state index contributed by atoms with van der Waals surface area (Å²) in [5, 5.41) is 0.673. The van der Waals surface area contributed by atoms with Gasteiger partial charge in [-0.25, -0.2) is 4.98 Å². The summed E-state index contributed by atoms with van der Waals surface area (Å²) in [6.07, 6.45) is 3.22. The Kier molecular flexibility index (Phi) is 5.95. The van der Waals surface area contributed by atoms with Crippen molar-refractivity contribution in [2.75, 3.05) is 13.7 Å². The number of benzene rings is 2. The fraction of sp³-hybridized carbons (Fsp3) is 0.174. The molecule has 0 radical (unpaired) electrons. The molecule has 2 aromatic heterocycles. The number of aromatic nitrogens is 3. The van der Waals surface area contributed by atoms with Crippen LogP contribution in [0, 0.1) is 0 Å². The summed E-state index contributed by atoms with van der Waals surface area (Å²) < 4.78 is 7.96. The van der Waals surface area contributed by atoms with Crippen molar-refractivity contribution in [1.29, 1.82) is 0 Å². The molecular weight excluding hydrogens is 400 g/mol. The van der Waals surface area contributed by atoms with Gasteiger partial charge in [0.1, 0.15) is 18.2 Å². The van der Waals surface area contributed by atoms with Crippen LogP contribution in [0.25, 0.3) is 11.0 Å². The Morgan fingerprint density at radius 2 is 1.90 bits per heavy atom. The van der Waals surface area contributed by atoms with Gasteiger partial charge < -0.3 is 14.2 Å². The Labute approximate surface area is 179 Å². The fourth-order valence-electron chi connectivity index (χ4n) is 3.27. The zero-order chi connectivity index (χ0) is 20.9. The number of rotatable bonds is 7. The van der Waals surface area contributed by atoms with Crippen LogP contribution < -0.4 is 4.74 Å². The third kappa shape index (κ3) is 4.44. The molecule has 7 heteroatoms. The van der Waals surface area contributed by atoms with E-state index in [9.17, 15) is 4.79 Å². The molecule has 2 aromatic carbocycles. The van der Waals surface area contributed by atoms with Crippen molar-refractivity contribution >= 4 is 28.5 Å². The maximum atomic E-state index is 12.7. The number of halogens is 1. The number of carbonyl (C=O) groups excluding carboxylic acids is 1. The summed E-state index contributed by atoms with van der Waals surface area (Å²) in [5.41, 5.74) is 2.45. The molecule has 0 saturated heterocycles. The van der Waals surface area contributed by atoms with Crippen molar-refractivity contribution in [3.05, 3.63) is 89.5 Å². The van der Waals surface area contributed by atoms with Crippen LogP contribution in [-0.4, -0.2) is 39.0 Å². The van der Waals surface area contributed by atoms with E-state index in [0.717, 1.165) is 22.6 Å². The molecule has 4 aromatic rings. The topological polar surface area (TPSA) is 60.2 Å². The molecule has 0 aliphatic carbocycles. The van der Waals surface area contributed by atoms with Crippen LogP contribution in [0.15, 0.2) is 73.1 Å². The van der Waals surface area contributed by atoms with Gasteiger partial charge in [-0.2, -0.15) is 0 Å². The first-order valence-electron chi connectivity index (χ1n) is 9.60. The van der Waals surface area contributed by atoms with E-state index in [1.54, 1.807) is 48.6 Å². The molecule has 0 bridgehead atoms. The van der Waals surface area contributed by atoms with Gasteiger partial charge in [-0.3, -0.25) is 9.78 Å². The van der Waals surface area contributed by atoms with Gasteiger partial charge in [-0.1, -0.05) is 23.7 Å². The normalized spacial score (nSPS) is 10.9. The van der Waals surface area contributed by atoms with E-state index in [4.69, 9.17) is 21.3 Å². The summed E-state index contributed by atoms with van der Waals surface area (Å²) in [6, 6.07) is 18.7. The maximum Gasteiger partial charge on any atom is 0.255 e.